The molecule has 0 N–H and O–H groups in total. The summed E-state index contributed by atoms with van der Waals surface area (Å²) in [4.78, 5) is 0. The summed E-state index contributed by atoms with van der Waals surface area (Å²) >= 11 is 0. The van der Waals surface area contributed by atoms with E-state index < -0.39 is 0 Å². The van der Waals surface area contributed by atoms with Crippen molar-refractivity contribution in [2.45, 2.75) is 46.0 Å². The molecule has 0 saturated carbocycles. The van der Waals surface area contributed by atoms with Gasteiger partial charge in [0.25, 0.3) is 0 Å². The van der Waals surface area contributed by atoms with E-state index in [2.05, 4.69) is 26.0 Å². The Kier molecular flexibility index (Phi) is 4.29. The fourth-order valence-corrected chi connectivity index (χ4v) is 2.39. The highest BCUT2D eigenvalue weighted by Gasteiger charge is 2.12. The van der Waals surface area contributed by atoms with Gasteiger partial charge in [0.15, 0.2) is 11.5 Å². The van der Waals surface area contributed by atoms with Crippen LogP contribution in [0.15, 0.2) is 18.2 Å². The SMILES string of the molecule is CCCC(C)CCCc1ccc2c(c1)OCO2. The summed E-state index contributed by atoms with van der Waals surface area (Å²) in [6.07, 6.45) is 6.38. The molecule has 1 aromatic carbocycles. The monoisotopic (exact) mass is 234 g/mol. The van der Waals surface area contributed by atoms with Crippen LogP contribution >= 0.6 is 0 Å². The first-order chi connectivity index (χ1) is 8.29. The summed E-state index contributed by atoms with van der Waals surface area (Å²) in [5, 5.41) is 0. The van der Waals surface area contributed by atoms with Crippen molar-refractivity contribution >= 4 is 0 Å². The van der Waals surface area contributed by atoms with Crippen molar-refractivity contribution < 1.29 is 9.47 Å². The van der Waals surface area contributed by atoms with E-state index in [-0.39, 0.29) is 0 Å². The van der Waals surface area contributed by atoms with Crippen molar-refractivity contribution in [1.29, 1.82) is 0 Å². The summed E-state index contributed by atoms with van der Waals surface area (Å²) in [7, 11) is 0. The molecule has 1 aliphatic heterocycles. The van der Waals surface area contributed by atoms with Crippen LogP contribution in [0, 0.1) is 5.92 Å². The minimum absolute atomic E-state index is 0.367. The highest BCUT2D eigenvalue weighted by atomic mass is 16.7. The quantitative estimate of drug-likeness (QED) is 0.735. The maximum absolute atomic E-state index is 5.38. The number of hydrogen-bond acceptors (Lipinski definition) is 2. The smallest absolute Gasteiger partial charge is 0.231 e. The zero-order valence-electron chi connectivity index (χ0n) is 10.9. The van der Waals surface area contributed by atoms with Gasteiger partial charge in [-0.1, -0.05) is 39.2 Å². The number of rotatable bonds is 6. The third-order valence-electron chi connectivity index (χ3n) is 3.38. The van der Waals surface area contributed by atoms with E-state index in [0.29, 0.717) is 6.79 Å². The number of fused-ring (bicyclic) bond motifs is 1. The molecule has 2 nitrogen and oxygen atoms in total. The minimum Gasteiger partial charge on any atom is -0.454 e. The summed E-state index contributed by atoms with van der Waals surface area (Å²) in [6.45, 7) is 4.98. The predicted molar refractivity (Wildman–Crippen MR) is 69.6 cm³/mol. The van der Waals surface area contributed by atoms with Crippen LogP contribution in [-0.2, 0) is 6.42 Å². The molecule has 0 aromatic heterocycles. The van der Waals surface area contributed by atoms with Crippen molar-refractivity contribution in [3.8, 4) is 11.5 Å². The molecule has 94 valence electrons. The highest BCUT2D eigenvalue weighted by molar-refractivity contribution is 5.44. The van der Waals surface area contributed by atoms with Crippen LogP contribution < -0.4 is 9.47 Å². The molecular weight excluding hydrogens is 212 g/mol. The molecule has 2 heteroatoms. The van der Waals surface area contributed by atoms with Crippen LogP contribution in [0.4, 0.5) is 0 Å². The zero-order valence-corrected chi connectivity index (χ0v) is 10.9. The normalized spacial score (nSPS) is 14.9. The van der Waals surface area contributed by atoms with Crippen LogP contribution in [-0.4, -0.2) is 6.79 Å². The van der Waals surface area contributed by atoms with Gasteiger partial charge in [-0.25, -0.2) is 0 Å². The Balaban J connectivity index is 1.79. The lowest BCUT2D eigenvalue weighted by Gasteiger charge is -2.09. The Morgan fingerprint density at radius 1 is 1.18 bits per heavy atom. The van der Waals surface area contributed by atoms with Crippen LogP contribution in [0.25, 0.3) is 0 Å². The summed E-state index contributed by atoms with van der Waals surface area (Å²) in [5.41, 5.74) is 1.36. The molecule has 0 amide bonds. The molecular formula is C15H22O2. The number of aryl methyl sites for hydroxylation is 1. The van der Waals surface area contributed by atoms with Gasteiger partial charge in [0.05, 0.1) is 0 Å². The molecule has 0 aliphatic carbocycles. The Labute approximate surface area is 104 Å². The predicted octanol–water partition coefficient (Wildman–Crippen LogP) is 4.17. The van der Waals surface area contributed by atoms with E-state index in [9.17, 15) is 0 Å². The van der Waals surface area contributed by atoms with Gasteiger partial charge < -0.3 is 9.47 Å². The maximum atomic E-state index is 5.38. The summed E-state index contributed by atoms with van der Waals surface area (Å²) in [6, 6.07) is 6.29. The van der Waals surface area contributed by atoms with Crippen molar-refractivity contribution in [2.24, 2.45) is 5.92 Å². The maximum Gasteiger partial charge on any atom is 0.231 e. The van der Waals surface area contributed by atoms with E-state index in [1.807, 2.05) is 6.07 Å². The van der Waals surface area contributed by atoms with E-state index in [1.54, 1.807) is 0 Å². The fourth-order valence-electron chi connectivity index (χ4n) is 2.39. The molecule has 1 heterocycles. The lowest BCUT2D eigenvalue weighted by atomic mass is 9.97. The van der Waals surface area contributed by atoms with Gasteiger partial charge in [-0.15, -0.1) is 0 Å². The molecule has 1 aromatic rings. The second-order valence-corrected chi connectivity index (χ2v) is 4.97. The van der Waals surface area contributed by atoms with Gasteiger partial charge in [-0.2, -0.15) is 0 Å². The van der Waals surface area contributed by atoms with Crippen LogP contribution in [0.1, 0.15) is 45.1 Å². The molecule has 0 fully saturated rings. The average molecular weight is 234 g/mol. The highest BCUT2D eigenvalue weighted by Crippen LogP contribution is 2.32. The van der Waals surface area contributed by atoms with Crippen LogP contribution in [0.5, 0.6) is 11.5 Å². The average Bonchev–Trinajstić information content (AvgIpc) is 2.76. The molecule has 2 rings (SSSR count). The van der Waals surface area contributed by atoms with E-state index in [4.69, 9.17) is 9.47 Å². The fraction of sp³-hybridized carbons (Fsp3) is 0.600. The Hall–Kier alpha value is -1.18. The first-order valence-electron chi connectivity index (χ1n) is 6.68. The van der Waals surface area contributed by atoms with Gasteiger partial charge in [-0.05, 0) is 36.5 Å². The summed E-state index contributed by atoms with van der Waals surface area (Å²) in [5.74, 6) is 2.64. The molecule has 0 bridgehead atoms. The number of benzene rings is 1. The third-order valence-corrected chi connectivity index (χ3v) is 3.38. The van der Waals surface area contributed by atoms with Gasteiger partial charge >= 0.3 is 0 Å². The van der Waals surface area contributed by atoms with Crippen molar-refractivity contribution in [3.05, 3.63) is 23.8 Å². The van der Waals surface area contributed by atoms with E-state index in [0.717, 1.165) is 23.8 Å². The van der Waals surface area contributed by atoms with Crippen molar-refractivity contribution in [2.75, 3.05) is 6.79 Å². The molecule has 0 spiro atoms. The van der Waals surface area contributed by atoms with Gasteiger partial charge in [0.1, 0.15) is 0 Å². The minimum atomic E-state index is 0.367. The Morgan fingerprint density at radius 2 is 2.00 bits per heavy atom. The van der Waals surface area contributed by atoms with Gasteiger partial charge in [0.2, 0.25) is 6.79 Å². The molecule has 0 radical (unpaired) electrons. The van der Waals surface area contributed by atoms with Crippen molar-refractivity contribution in [1.82, 2.24) is 0 Å². The largest absolute Gasteiger partial charge is 0.454 e. The first-order valence-corrected chi connectivity index (χ1v) is 6.68. The molecule has 1 atom stereocenters. The van der Waals surface area contributed by atoms with Gasteiger partial charge in [-0.3, -0.25) is 0 Å². The van der Waals surface area contributed by atoms with Crippen LogP contribution in [0.3, 0.4) is 0 Å². The molecule has 17 heavy (non-hydrogen) atoms. The standard InChI is InChI=1S/C15H22O2/c1-3-5-12(2)6-4-7-13-8-9-14-15(10-13)17-11-16-14/h8-10,12H,3-7,11H2,1-2H3. The van der Waals surface area contributed by atoms with E-state index in [1.165, 1.54) is 31.2 Å². The van der Waals surface area contributed by atoms with Crippen molar-refractivity contribution in [3.63, 3.8) is 0 Å². The second kappa shape index (κ2) is 5.95. The summed E-state index contributed by atoms with van der Waals surface area (Å²) < 4.78 is 10.7. The lowest BCUT2D eigenvalue weighted by molar-refractivity contribution is 0.174. The van der Waals surface area contributed by atoms with E-state index >= 15 is 0 Å². The zero-order chi connectivity index (χ0) is 12.1. The van der Waals surface area contributed by atoms with Crippen LogP contribution in [0.2, 0.25) is 0 Å². The van der Waals surface area contributed by atoms with Gasteiger partial charge in [0, 0.05) is 0 Å². The number of ether oxygens (including phenoxy) is 2. The second-order valence-electron chi connectivity index (χ2n) is 4.97. The third kappa shape index (κ3) is 3.39. The topological polar surface area (TPSA) is 18.5 Å². The first kappa shape index (κ1) is 12.3. The molecule has 0 saturated heterocycles. The Bertz CT molecular complexity index is 360. The Morgan fingerprint density at radius 3 is 2.82 bits per heavy atom. The molecule has 1 aliphatic rings. The lowest BCUT2D eigenvalue weighted by Crippen LogP contribution is -1.95. The number of hydrogen-bond donors (Lipinski definition) is 0. The molecule has 1 unspecified atom stereocenters.